The maximum Gasteiger partial charge on any atom is 0.255 e. The zero-order valence-corrected chi connectivity index (χ0v) is 16.1. The Morgan fingerprint density at radius 2 is 1.74 bits per heavy atom. The summed E-state index contributed by atoms with van der Waals surface area (Å²) < 4.78 is 39.6. The second-order valence-corrected chi connectivity index (χ2v) is 8.14. The maximum absolute atomic E-state index is 13.3. The van der Waals surface area contributed by atoms with Crippen LogP contribution >= 0.6 is 23.4 Å². The van der Waals surface area contributed by atoms with Gasteiger partial charge in [0.2, 0.25) is 0 Å². The zero-order valence-electron chi connectivity index (χ0n) is 14.5. The predicted octanol–water partition coefficient (Wildman–Crippen LogP) is 6.68. The highest BCUT2D eigenvalue weighted by Gasteiger charge is 2.17. The van der Waals surface area contributed by atoms with E-state index in [0.717, 1.165) is 22.8 Å². The van der Waals surface area contributed by atoms with E-state index in [1.165, 1.54) is 32.1 Å². The first kappa shape index (κ1) is 20.1. The van der Waals surface area contributed by atoms with Gasteiger partial charge in [0.1, 0.15) is 0 Å². The number of halogens is 4. The Hall–Kier alpha value is -1.66. The molecule has 2 aromatic carbocycles. The first-order valence-corrected chi connectivity index (χ1v) is 10.2. The van der Waals surface area contributed by atoms with Crippen molar-refractivity contribution in [2.75, 3.05) is 11.1 Å². The standard InChI is InChI=1S/C20H19ClF3NOS/c21-15-7-6-13(8-18(15)27-11-12-4-2-1-3-5-12)20(26)25-14-9-16(22)19(24)17(23)10-14/h6-10,12H,1-5,11H2,(H,25,26). The molecule has 0 atom stereocenters. The Balaban J connectivity index is 1.69. The smallest absolute Gasteiger partial charge is 0.255 e. The summed E-state index contributed by atoms with van der Waals surface area (Å²) in [4.78, 5) is 13.2. The predicted molar refractivity (Wildman–Crippen MR) is 103 cm³/mol. The van der Waals surface area contributed by atoms with Gasteiger partial charge in [0.15, 0.2) is 17.5 Å². The Kier molecular flexibility index (Phi) is 6.71. The van der Waals surface area contributed by atoms with E-state index in [2.05, 4.69) is 5.32 Å². The van der Waals surface area contributed by atoms with Gasteiger partial charge < -0.3 is 5.32 Å². The summed E-state index contributed by atoms with van der Waals surface area (Å²) in [7, 11) is 0. The number of anilines is 1. The fraction of sp³-hybridized carbons (Fsp3) is 0.350. The number of thioether (sulfide) groups is 1. The van der Waals surface area contributed by atoms with Crippen molar-refractivity contribution in [2.24, 2.45) is 5.92 Å². The number of carbonyl (C=O) groups is 1. The Bertz CT molecular complexity index is 817. The molecular weight excluding hydrogens is 395 g/mol. The van der Waals surface area contributed by atoms with Crippen LogP contribution in [-0.4, -0.2) is 11.7 Å². The van der Waals surface area contributed by atoms with Gasteiger partial charge in [0.05, 0.1) is 5.02 Å². The molecule has 0 aromatic heterocycles. The van der Waals surface area contributed by atoms with Crippen molar-refractivity contribution in [3.63, 3.8) is 0 Å². The molecule has 7 heteroatoms. The van der Waals surface area contributed by atoms with E-state index in [4.69, 9.17) is 11.6 Å². The second-order valence-electron chi connectivity index (χ2n) is 6.67. The zero-order chi connectivity index (χ0) is 19.4. The lowest BCUT2D eigenvalue weighted by atomic mass is 9.91. The van der Waals surface area contributed by atoms with Gasteiger partial charge in [0.25, 0.3) is 5.91 Å². The number of amides is 1. The quantitative estimate of drug-likeness (QED) is 0.437. The third-order valence-electron chi connectivity index (χ3n) is 4.63. The van der Waals surface area contributed by atoms with Gasteiger partial charge >= 0.3 is 0 Å². The SMILES string of the molecule is O=C(Nc1cc(F)c(F)c(F)c1)c1ccc(Cl)c(SCC2CCCCC2)c1. The fourth-order valence-corrected chi connectivity index (χ4v) is 4.59. The van der Waals surface area contributed by atoms with Crippen LogP contribution in [0.25, 0.3) is 0 Å². The Labute approximate surface area is 165 Å². The second kappa shape index (κ2) is 9.02. The van der Waals surface area contributed by atoms with Crippen LogP contribution < -0.4 is 5.32 Å². The first-order chi connectivity index (χ1) is 12.9. The van der Waals surface area contributed by atoms with E-state index in [-0.39, 0.29) is 5.69 Å². The minimum absolute atomic E-state index is 0.150. The summed E-state index contributed by atoms with van der Waals surface area (Å²) in [6.45, 7) is 0. The molecule has 0 bridgehead atoms. The molecule has 0 heterocycles. The van der Waals surface area contributed by atoms with Gasteiger partial charge in [-0.2, -0.15) is 0 Å². The van der Waals surface area contributed by atoms with Crippen molar-refractivity contribution in [3.05, 3.63) is 58.4 Å². The Morgan fingerprint density at radius 3 is 2.41 bits per heavy atom. The van der Waals surface area contributed by atoms with Gasteiger partial charge in [-0.05, 0) is 37.0 Å². The minimum Gasteiger partial charge on any atom is -0.322 e. The highest BCUT2D eigenvalue weighted by molar-refractivity contribution is 7.99. The number of nitrogens with one attached hydrogen (secondary N) is 1. The van der Waals surface area contributed by atoms with Crippen LogP contribution in [0, 0.1) is 23.4 Å². The average molecular weight is 414 g/mol. The van der Waals surface area contributed by atoms with Crippen LogP contribution in [0.4, 0.5) is 18.9 Å². The van der Waals surface area contributed by atoms with Crippen LogP contribution in [0.15, 0.2) is 35.2 Å². The van der Waals surface area contributed by atoms with E-state index in [0.29, 0.717) is 16.5 Å². The number of benzene rings is 2. The molecule has 1 N–H and O–H groups in total. The summed E-state index contributed by atoms with van der Waals surface area (Å²) in [6, 6.07) is 6.32. The van der Waals surface area contributed by atoms with E-state index in [1.807, 2.05) is 0 Å². The molecule has 2 nitrogen and oxygen atoms in total. The topological polar surface area (TPSA) is 29.1 Å². The van der Waals surface area contributed by atoms with E-state index in [9.17, 15) is 18.0 Å². The summed E-state index contributed by atoms with van der Waals surface area (Å²) in [5.74, 6) is -3.23. The molecule has 1 aliphatic rings. The molecule has 1 fully saturated rings. The van der Waals surface area contributed by atoms with Crippen LogP contribution in [0.1, 0.15) is 42.5 Å². The molecule has 3 rings (SSSR count). The van der Waals surface area contributed by atoms with Gasteiger partial charge in [-0.25, -0.2) is 13.2 Å². The molecule has 0 unspecified atom stereocenters. The van der Waals surface area contributed by atoms with Crippen molar-refractivity contribution in [1.82, 2.24) is 0 Å². The largest absolute Gasteiger partial charge is 0.322 e. The lowest BCUT2D eigenvalue weighted by molar-refractivity contribution is 0.102. The fourth-order valence-electron chi connectivity index (χ4n) is 3.15. The minimum atomic E-state index is -1.57. The van der Waals surface area contributed by atoms with Gasteiger partial charge in [0, 0.05) is 34.0 Å². The van der Waals surface area contributed by atoms with E-state index >= 15 is 0 Å². The molecule has 27 heavy (non-hydrogen) atoms. The van der Waals surface area contributed by atoms with Crippen molar-refractivity contribution < 1.29 is 18.0 Å². The molecule has 2 aromatic rings. The number of hydrogen-bond acceptors (Lipinski definition) is 2. The van der Waals surface area contributed by atoms with Crippen LogP contribution in [0.2, 0.25) is 5.02 Å². The van der Waals surface area contributed by atoms with E-state index < -0.39 is 23.4 Å². The maximum atomic E-state index is 13.3. The molecule has 0 spiro atoms. The van der Waals surface area contributed by atoms with Crippen molar-refractivity contribution in [1.29, 1.82) is 0 Å². The lowest BCUT2D eigenvalue weighted by Crippen LogP contribution is -2.13. The van der Waals surface area contributed by atoms with Crippen LogP contribution in [0.5, 0.6) is 0 Å². The molecule has 0 saturated heterocycles. The number of hydrogen-bond donors (Lipinski definition) is 1. The first-order valence-electron chi connectivity index (χ1n) is 8.82. The van der Waals surface area contributed by atoms with Crippen molar-refractivity contribution in [2.45, 2.75) is 37.0 Å². The van der Waals surface area contributed by atoms with E-state index in [1.54, 1.807) is 30.0 Å². The van der Waals surface area contributed by atoms with Gasteiger partial charge in [-0.1, -0.05) is 30.9 Å². The molecule has 144 valence electrons. The molecule has 1 aliphatic carbocycles. The Morgan fingerprint density at radius 1 is 1.07 bits per heavy atom. The molecule has 1 amide bonds. The molecular formula is C20H19ClF3NOS. The normalized spacial score (nSPS) is 15.0. The van der Waals surface area contributed by atoms with Gasteiger partial charge in [-0.15, -0.1) is 11.8 Å². The van der Waals surface area contributed by atoms with Gasteiger partial charge in [-0.3, -0.25) is 4.79 Å². The van der Waals surface area contributed by atoms with Crippen LogP contribution in [0.3, 0.4) is 0 Å². The molecule has 1 saturated carbocycles. The molecule has 0 radical (unpaired) electrons. The summed E-state index contributed by atoms with van der Waals surface area (Å²) in [5.41, 5.74) is 0.165. The number of carbonyl (C=O) groups excluding carboxylic acids is 1. The van der Waals surface area contributed by atoms with Crippen molar-refractivity contribution in [3.8, 4) is 0 Å². The average Bonchev–Trinajstić information content (AvgIpc) is 2.66. The monoisotopic (exact) mass is 413 g/mol. The number of rotatable bonds is 5. The summed E-state index contributed by atoms with van der Waals surface area (Å²) in [6.07, 6.45) is 6.24. The third-order valence-corrected chi connectivity index (χ3v) is 6.36. The summed E-state index contributed by atoms with van der Waals surface area (Å²) >= 11 is 7.86. The highest BCUT2D eigenvalue weighted by atomic mass is 35.5. The third kappa shape index (κ3) is 5.20. The van der Waals surface area contributed by atoms with Crippen LogP contribution in [-0.2, 0) is 0 Å². The summed E-state index contributed by atoms with van der Waals surface area (Å²) in [5, 5.41) is 2.94. The highest BCUT2D eigenvalue weighted by Crippen LogP contribution is 2.34. The van der Waals surface area contributed by atoms with Crippen molar-refractivity contribution >= 4 is 35.0 Å². The molecule has 0 aliphatic heterocycles. The lowest BCUT2D eigenvalue weighted by Gasteiger charge is -2.21.